The number of para-hydroxylation sites is 3. The van der Waals surface area contributed by atoms with Gasteiger partial charge in [-0.3, -0.25) is 0 Å². The highest BCUT2D eigenvalue weighted by Crippen LogP contribution is 2.46. The van der Waals surface area contributed by atoms with E-state index in [0.29, 0.717) is 5.56 Å². The average Bonchev–Trinajstić information content (AvgIpc) is 1.30. The lowest BCUT2D eigenvalue weighted by molar-refractivity contribution is 0.590. The van der Waals surface area contributed by atoms with Crippen LogP contribution < -0.4 is 21.3 Å². The summed E-state index contributed by atoms with van der Waals surface area (Å²) in [6.45, 7) is 22.9. The van der Waals surface area contributed by atoms with E-state index in [-0.39, 0.29) is 23.0 Å². The number of hydrogen-bond donors (Lipinski definition) is 0. The number of hydrogen-bond acceptors (Lipinski definition) is 1. The Morgan fingerprint density at radius 2 is 0.938 bits per heavy atom. The number of aryl methyl sites for hydroxylation is 1. The lowest BCUT2D eigenvalue weighted by Crippen LogP contribution is -2.63. The zero-order valence-corrected chi connectivity index (χ0v) is 48.4. The van der Waals surface area contributed by atoms with Crippen molar-refractivity contribution in [1.82, 2.24) is 13.7 Å². The van der Waals surface area contributed by atoms with Crippen LogP contribution in [0, 0.1) is 6.85 Å². The predicted octanol–water partition coefficient (Wildman–Crippen LogP) is 18.1. The summed E-state index contributed by atoms with van der Waals surface area (Å²) in [6, 6.07) is 74.2. The molecule has 396 valence electrons. The summed E-state index contributed by atoms with van der Waals surface area (Å²) in [6.07, 6.45) is 0. The van der Waals surface area contributed by atoms with Crippen LogP contribution in [0.4, 0.5) is 17.1 Å². The highest BCUT2D eigenvalue weighted by atomic mass is 15.1. The maximum Gasteiger partial charge on any atom is 0.247 e. The van der Waals surface area contributed by atoms with Crippen molar-refractivity contribution in [3.63, 3.8) is 0 Å². The predicted molar refractivity (Wildman–Crippen MR) is 348 cm³/mol. The first-order chi connectivity index (χ1) is 39.9. The van der Waals surface area contributed by atoms with Crippen LogP contribution >= 0.6 is 0 Å². The Hall–Kier alpha value is -8.54. The molecule has 0 radical (unpaired) electrons. The lowest BCUT2D eigenvalue weighted by Gasteiger charge is -2.42. The summed E-state index contributed by atoms with van der Waals surface area (Å²) in [5.74, 6) is 0. The number of nitrogens with zero attached hydrogens (tertiary/aromatic N) is 4. The normalized spacial score (nSPS) is 14.7. The van der Waals surface area contributed by atoms with Crippen LogP contribution in [0.25, 0.3) is 82.5 Å². The quantitative estimate of drug-likeness (QED) is 0.157. The Kier molecular flexibility index (Phi) is 9.71. The van der Waals surface area contributed by atoms with Crippen LogP contribution in [-0.4, -0.2) is 20.4 Å². The summed E-state index contributed by atoms with van der Waals surface area (Å²) in [7, 11) is 0. The van der Waals surface area contributed by atoms with Gasteiger partial charge in [0.05, 0.1) is 27.6 Å². The molecule has 0 saturated heterocycles. The molecule has 3 aromatic heterocycles. The second-order valence-electron chi connectivity index (χ2n) is 26.9. The van der Waals surface area contributed by atoms with Gasteiger partial charge in [-0.15, -0.1) is 0 Å². The molecule has 0 saturated carbocycles. The molecule has 2 aliphatic rings. The largest absolute Gasteiger partial charge is 0.310 e. The molecule has 13 aromatic rings. The van der Waals surface area contributed by atoms with Crippen molar-refractivity contribution in [2.75, 3.05) is 4.90 Å². The van der Waals surface area contributed by atoms with Crippen LogP contribution in [0.2, 0.25) is 0 Å². The third kappa shape index (κ3) is 7.29. The first-order valence-corrected chi connectivity index (χ1v) is 28.9. The fourth-order valence-corrected chi connectivity index (χ4v) is 14.2. The van der Waals surface area contributed by atoms with Gasteiger partial charge in [0.2, 0.25) is 6.71 Å². The minimum atomic E-state index is -2.33. The molecule has 81 heavy (non-hydrogen) atoms. The van der Waals surface area contributed by atoms with Gasteiger partial charge >= 0.3 is 0 Å². The van der Waals surface area contributed by atoms with Gasteiger partial charge < -0.3 is 18.6 Å². The third-order valence-corrected chi connectivity index (χ3v) is 18.4. The van der Waals surface area contributed by atoms with E-state index in [1.54, 1.807) is 0 Å². The van der Waals surface area contributed by atoms with Crippen molar-refractivity contribution in [3.05, 3.63) is 234 Å². The fourth-order valence-electron chi connectivity index (χ4n) is 14.2. The highest BCUT2D eigenvalue weighted by Gasteiger charge is 2.46. The average molecular weight is 1050 g/mol. The molecule has 0 aliphatic carbocycles. The fraction of sp³-hybridized carbons (Fsp3) is 0.211. The molecule has 5 heteroatoms. The molecule has 0 bridgehead atoms. The second kappa shape index (κ2) is 17.0. The Bertz CT molecular complexity index is 4920. The monoisotopic (exact) mass is 1050 g/mol. The first-order valence-electron chi connectivity index (χ1n) is 30.4. The van der Waals surface area contributed by atoms with E-state index in [0.717, 1.165) is 61.8 Å². The lowest BCUT2D eigenvalue weighted by atomic mass is 9.30. The number of anilines is 3. The maximum absolute atomic E-state index is 9.04. The molecule has 2 aliphatic heterocycles. The van der Waals surface area contributed by atoms with E-state index in [9.17, 15) is 0 Å². The van der Waals surface area contributed by atoms with E-state index in [1.807, 2.05) is 12.1 Å². The van der Waals surface area contributed by atoms with Crippen molar-refractivity contribution in [2.24, 2.45) is 0 Å². The van der Waals surface area contributed by atoms with Gasteiger partial charge in [-0.05, 0) is 177 Å². The molecule has 0 N–H and O–H groups in total. The first kappa shape index (κ1) is 46.2. The molecule has 15 rings (SSSR count). The molecular weight excluding hydrogens is 980 g/mol. The van der Waals surface area contributed by atoms with Crippen molar-refractivity contribution in [1.29, 1.82) is 0 Å². The van der Waals surface area contributed by atoms with E-state index in [1.165, 1.54) is 82.0 Å². The van der Waals surface area contributed by atoms with Gasteiger partial charge in [0, 0.05) is 81.5 Å². The van der Waals surface area contributed by atoms with Crippen molar-refractivity contribution in [2.45, 2.75) is 105 Å². The molecule has 0 unspecified atom stereocenters. The van der Waals surface area contributed by atoms with E-state index in [4.69, 9.17) is 4.11 Å². The molecule has 5 heterocycles. The van der Waals surface area contributed by atoms with Gasteiger partial charge in [0.25, 0.3) is 0 Å². The zero-order valence-electron chi connectivity index (χ0n) is 51.4. The maximum atomic E-state index is 9.04. The van der Waals surface area contributed by atoms with Crippen LogP contribution in [0.3, 0.4) is 0 Å². The van der Waals surface area contributed by atoms with E-state index < -0.39 is 12.3 Å². The molecule has 0 spiro atoms. The molecule has 0 amide bonds. The Morgan fingerprint density at radius 3 is 1.63 bits per heavy atom. The summed E-state index contributed by atoms with van der Waals surface area (Å²) in [4.78, 5) is 2.39. The van der Waals surface area contributed by atoms with E-state index in [2.05, 4.69) is 283 Å². The standard InChI is InChI=1S/C76H69BN4/c1-46-36-62-71-70(37-46)81-68-34-31-48(74(5,6)7)39-57(68)60-40-49(75(8,9)10)41-64(72(60)81)77(71)63-44-59-56-38-47(73(2,3)4)30-33-66(56)80(69(59)45-61(63)76(62,11)12)53-27-21-26-52(42-53)78(50-22-15-13-16-23-50)54-32-35-67-58(43-54)55-28-19-20-29-65(55)79(67)51-24-17-14-18-25-51/h13-45H,1-12H3/i1D3. The summed E-state index contributed by atoms with van der Waals surface area (Å²) < 4.78 is 34.4. The van der Waals surface area contributed by atoms with Crippen LogP contribution in [0.1, 0.15) is 114 Å². The minimum Gasteiger partial charge on any atom is -0.310 e. The van der Waals surface area contributed by atoms with Gasteiger partial charge in [-0.25, -0.2) is 0 Å². The molecule has 10 aromatic carbocycles. The van der Waals surface area contributed by atoms with Crippen molar-refractivity contribution in [3.8, 4) is 17.1 Å². The topological polar surface area (TPSA) is 18.0 Å². The second-order valence-corrected chi connectivity index (χ2v) is 26.9. The Labute approximate surface area is 481 Å². The van der Waals surface area contributed by atoms with Gasteiger partial charge in [-0.2, -0.15) is 0 Å². The molecule has 0 atom stereocenters. The number of fused-ring (bicyclic) bond motifs is 13. The summed E-state index contributed by atoms with van der Waals surface area (Å²) >= 11 is 0. The van der Waals surface area contributed by atoms with Crippen LogP contribution in [-0.2, 0) is 21.7 Å². The Balaban J connectivity index is 0.997. The highest BCUT2D eigenvalue weighted by molar-refractivity contribution is 6.99. The SMILES string of the molecule is [2H]C([2H])([2H])c1cc2c3c(c1)C(C)(C)c1cc4c(cc1B3c1cc(C(C)(C)C)cc3c5cc(C(C)(C)C)ccc5n-2c13)c1cc(C(C)(C)C)ccc1n4-c1cccc(N(c2ccccc2)c2ccc3c(c2)c2ccccc2n3-c2ccccc2)c1. The van der Waals surface area contributed by atoms with E-state index >= 15 is 0 Å². The third-order valence-electron chi connectivity index (χ3n) is 18.4. The molecular formula is C76H69BN4. The Morgan fingerprint density at radius 1 is 0.395 bits per heavy atom. The number of rotatable bonds is 5. The van der Waals surface area contributed by atoms with Crippen LogP contribution in [0.15, 0.2) is 200 Å². The number of aromatic nitrogens is 3. The van der Waals surface area contributed by atoms with Crippen molar-refractivity contribution < 1.29 is 4.11 Å². The minimum absolute atomic E-state index is 0.0669. The molecule has 4 nitrogen and oxygen atoms in total. The zero-order chi connectivity index (χ0) is 58.3. The van der Waals surface area contributed by atoms with Gasteiger partial charge in [0.15, 0.2) is 0 Å². The van der Waals surface area contributed by atoms with Gasteiger partial charge in [-0.1, -0.05) is 173 Å². The summed E-state index contributed by atoms with van der Waals surface area (Å²) in [5.41, 5.74) is 22.5. The van der Waals surface area contributed by atoms with Crippen molar-refractivity contribution >= 4 is 106 Å². The summed E-state index contributed by atoms with van der Waals surface area (Å²) in [5, 5.41) is 7.22. The van der Waals surface area contributed by atoms with Gasteiger partial charge in [0.1, 0.15) is 0 Å². The molecule has 0 fully saturated rings. The number of benzene rings is 10. The van der Waals surface area contributed by atoms with Crippen LogP contribution in [0.5, 0.6) is 0 Å². The smallest absolute Gasteiger partial charge is 0.247 e.